The van der Waals surface area contributed by atoms with Gasteiger partial charge in [0, 0.05) is 0 Å². The van der Waals surface area contributed by atoms with Crippen LogP contribution in [-0.2, 0) is 0 Å². The van der Waals surface area contributed by atoms with Crippen molar-refractivity contribution >= 4 is 0 Å². The van der Waals surface area contributed by atoms with Crippen molar-refractivity contribution in [3.05, 3.63) is 0 Å². The molecule has 0 heterocycles. The highest BCUT2D eigenvalue weighted by Gasteiger charge is 2.15. The molecule has 2 nitrogen and oxygen atoms in total. The average molecular weight is 132 g/mol. The predicted octanol–water partition coefficient (Wildman–Crippen LogP) is 1.31. The zero-order valence-corrected chi connectivity index (χ0v) is 5.83. The lowest BCUT2D eigenvalue weighted by atomic mass is 9.94. The Labute approximate surface area is 61.1 Å². The minimum absolute atomic E-state index is 0.310. The van der Waals surface area contributed by atoms with Crippen molar-refractivity contribution < 1.29 is 0 Å². The number of rotatable bonds is 2. The summed E-state index contributed by atoms with van der Waals surface area (Å²) in [4.78, 5) is 0. The van der Waals surface area contributed by atoms with Crippen molar-refractivity contribution in [2.75, 3.05) is 0 Å². The van der Waals surface area contributed by atoms with Gasteiger partial charge in [-0.05, 0) is 6.42 Å². The smallest absolute Gasteiger partial charge is 0.122 e. The molecule has 10 heavy (non-hydrogen) atoms. The van der Waals surface area contributed by atoms with Crippen LogP contribution in [0.2, 0.25) is 0 Å². The molecule has 50 valence electrons. The van der Waals surface area contributed by atoms with Crippen LogP contribution in [-0.4, -0.2) is 0 Å². The van der Waals surface area contributed by atoms with Crippen molar-refractivity contribution in [3.63, 3.8) is 0 Å². The second kappa shape index (κ2) is 4.42. The van der Waals surface area contributed by atoms with Gasteiger partial charge in [0.15, 0.2) is 0 Å². The molecule has 0 saturated carbocycles. The Morgan fingerprint density at radius 2 is 2.00 bits per heavy atom. The van der Waals surface area contributed by atoms with Crippen LogP contribution in [0.15, 0.2) is 0 Å². The number of nitrogens with zero attached hydrogens (tertiary/aromatic N) is 2. The van der Waals surface area contributed by atoms with E-state index in [-0.39, 0.29) is 5.92 Å². The highest BCUT2D eigenvalue weighted by Crippen LogP contribution is 2.12. The van der Waals surface area contributed by atoms with Crippen LogP contribution in [0.5, 0.6) is 0 Å². The van der Waals surface area contributed by atoms with Gasteiger partial charge in [0.2, 0.25) is 0 Å². The first-order valence-electron chi connectivity index (χ1n) is 3.05. The Hall–Kier alpha value is -1.46. The summed E-state index contributed by atoms with van der Waals surface area (Å²) in [5.41, 5.74) is 0. The second-order valence-corrected chi connectivity index (χ2v) is 1.92. The molecule has 0 spiro atoms. The highest BCUT2D eigenvalue weighted by molar-refractivity contribution is 5.12. The minimum Gasteiger partial charge on any atom is -0.198 e. The average Bonchev–Trinajstić information content (AvgIpc) is 2.00. The third-order valence-electron chi connectivity index (χ3n) is 1.33. The van der Waals surface area contributed by atoms with Crippen molar-refractivity contribution in [1.29, 1.82) is 10.5 Å². The normalized spacial score (nSPS) is 13.8. The summed E-state index contributed by atoms with van der Waals surface area (Å²) in [5, 5.41) is 16.9. The molecule has 2 unspecified atom stereocenters. The van der Waals surface area contributed by atoms with Gasteiger partial charge in [0.05, 0.1) is 18.1 Å². The summed E-state index contributed by atoms with van der Waals surface area (Å²) in [6.07, 6.45) is 5.65. The van der Waals surface area contributed by atoms with E-state index in [9.17, 15) is 0 Å². The molecule has 0 aliphatic rings. The largest absolute Gasteiger partial charge is 0.198 e. The number of hydrogen-bond donors (Lipinski definition) is 0. The topological polar surface area (TPSA) is 47.6 Å². The van der Waals surface area contributed by atoms with Gasteiger partial charge in [-0.15, -0.1) is 6.42 Å². The van der Waals surface area contributed by atoms with Gasteiger partial charge in [0.25, 0.3) is 0 Å². The van der Waals surface area contributed by atoms with E-state index in [1.165, 1.54) is 0 Å². The fourth-order valence-corrected chi connectivity index (χ4v) is 0.645. The molecular weight excluding hydrogens is 124 g/mol. The molecule has 0 aliphatic carbocycles. The lowest BCUT2D eigenvalue weighted by Crippen LogP contribution is -2.07. The van der Waals surface area contributed by atoms with Crippen LogP contribution in [0.1, 0.15) is 13.3 Å². The van der Waals surface area contributed by atoms with E-state index in [2.05, 4.69) is 5.92 Å². The fraction of sp³-hybridized carbons (Fsp3) is 0.500. The van der Waals surface area contributed by atoms with Gasteiger partial charge in [-0.25, -0.2) is 0 Å². The molecule has 0 aromatic rings. The fourth-order valence-electron chi connectivity index (χ4n) is 0.645. The maximum atomic E-state index is 8.46. The van der Waals surface area contributed by atoms with E-state index >= 15 is 0 Å². The second-order valence-electron chi connectivity index (χ2n) is 1.92. The molecule has 0 fully saturated rings. The first-order chi connectivity index (χ1) is 4.79. The molecule has 0 aromatic heterocycles. The Balaban J connectivity index is 4.20. The van der Waals surface area contributed by atoms with Crippen LogP contribution >= 0.6 is 0 Å². The predicted molar refractivity (Wildman–Crippen MR) is 37.3 cm³/mol. The summed E-state index contributed by atoms with van der Waals surface area (Å²) >= 11 is 0. The molecule has 0 rings (SSSR count). The van der Waals surface area contributed by atoms with Crippen molar-refractivity contribution in [2.24, 2.45) is 11.8 Å². The summed E-state index contributed by atoms with van der Waals surface area (Å²) in [7, 11) is 0. The van der Waals surface area contributed by atoms with Gasteiger partial charge >= 0.3 is 0 Å². The van der Waals surface area contributed by atoms with E-state index in [1.807, 2.05) is 19.1 Å². The molecule has 0 amide bonds. The summed E-state index contributed by atoms with van der Waals surface area (Å²) in [6.45, 7) is 1.84. The molecular formula is C8H8N2. The molecule has 2 atom stereocenters. The lowest BCUT2D eigenvalue weighted by molar-refractivity contribution is 0.574. The molecule has 0 radical (unpaired) electrons. The van der Waals surface area contributed by atoms with Crippen molar-refractivity contribution in [3.8, 4) is 24.5 Å². The van der Waals surface area contributed by atoms with E-state index in [4.69, 9.17) is 16.9 Å². The lowest BCUT2D eigenvalue weighted by Gasteiger charge is -2.04. The Bertz CT molecular complexity index is 197. The highest BCUT2D eigenvalue weighted by atomic mass is 14.3. The third-order valence-corrected chi connectivity index (χ3v) is 1.33. The van der Waals surface area contributed by atoms with E-state index in [1.54, 1.807) is 0 Å². The maximum absolute atomic E-state index is 8.46. The molecule has 0 aliphatic heterocycles. The minimum atomic E-state index is -0.546. The zero-order chi connectivity index (χ0) is 7.98. The van der Waals surface area contributed by atoms with E-state index < -0.39 is 5.92 Å². The Kier molecular flexibility index (Phi) is 3.78. The third kappa shape index (κ3) is 1.81. The standard InChI is InChI=1S/C8H8N2/c1-3-7(5-9)8(4-2)6-10/h1,7-8H,4H2,2H3. The van der Waals surface area contributed by atoms with Crippen LogP contribution in [0.3, 0.4) is 0 Å². The van der Waals surface area contributed by atoms with Gasteiger partial charge in [-0.3, -0.25) is 0 Å². The van der Waals surface area contributed by atoms with Crippen LogP contribution in [0.25, 0.3) is 0 Å². The van der Waals surface area contributed by atoms with Crippen LogP contribution in [0.4, 0.5) is 0 Å². The molecule has 2 heteroatoms. The summed E-state index contributed by atoms with van der Waals surface area (Å²) in [5.74, 6) is 1.41. The SMILES string of the molecule is C#CC(C#N)C(C#N)CC. The number of nitriles is 2. The van der Waals surface area contributed by atoms with Gasteiger partial charge < -0.3 is 0 Å². The maximum Gasteiger partial charge on any atom is 0.122 e. The molecule has 0 aromatic carbocycles. The first kappa shape index (κ1) is 8.54. The van der Waals surface area contributed by atoms with Crippen molar-refractivity contribution in [1.82, 2.24) is 0 Å². The van der Waals surface area contributed by atoms with E-state index in [0.717, 1.165) is 0 Å². The summed E-state index contributed by atoms with van der Waals surface area (Å²) in [6, 6.07) is 3.88. The molecule has 0 saturated heterocycles. The monoisotopic (exact) mass is 132 g/mol. The quantitative estimate of drug-likeness (QED) is 0.532. The molecule has 0 N–H and O–H groups in total. The van der Waals surface area contributed by atoms with Gasteiger partial charge in [0.1, 0.15) is 5.92 Å². The van der Waals surface area contributed by atoms with Gasteiger partial charge in [-0.1, -0.05) is 12.8 Å². The zero-order valence-electron chi connectivity index (χ0n) is 5.83. The number of hydrogen-bond acceptors (Lipinski definition) is 2. The van der Waals surface area contributed by atoms with Crippen LogP contribution < -0.4 is 0 Å². The molecule has 0 bridgehead atoms. The number of terminal acetylenes is 1. The van der Waals surface area contributed by atoms with Crippen molar-refractivity contribution in [2.45, 2.75) is 13.3 Å². The Morgan fingerprint density at radius 3 is 2.10 bits per heavy atom. The van der Waals surface area contributed by atoms with Crippen LogP contribution in [0, 0.1) is 46.8 Å². The van der Waals surface area contributed by atoms with Gasteiger partial charge in [-0.2, -0.15) is 10.5 Å². The Morgan fingerprint density at radius 1 is 1.40 bits per heavy atom. The first-order valence-corrected chi connectivity index (χ1v) is 3.05. The summed E-state index contributed by atoms with van der Waals surface area (Å²) < 4.78 is 0. The van der Waals surface area contributed by atoms with E-state index in [0.29, 0.717) is 6.42 Å².